The van der Waals surface area contributed by atoms with Crippen molar-refractivity contribution in [2.45, 2.75) is 26.4 Å². The molecule has 3 aromatic rings. The molecule has 0 saturated heterocycles. The van der Waals surface area contributed by atoms with Crippen LogP contribution < -0.4 is 4.74 Å². The van der Waals surface area contributed by atoms with Crippen LogP contribution in [0.15, 0.2) is 51.4 Å². The molecule has 0 fully saturated rings. The van der Waals surface area contributed by atoms with E-state index in [-0.39, 0.29) is 18.1 Å². The number of aryl methyl sites for hydroxylation is 1. The molecule has 28 heavy (non-hydrogen) atoms. The molecule has 146 valence electrons. The van der Waals surface area contributed by atoms with Crippen LogP contribution in [0.2, 0.25) is 0 Å². The highest BCUT2D eigenvalue weighted by Crippen LogP contribution is 2.29. The normalized spacial score (nSPS) is 11.3. The maximum atomic E-state index is 13.6. The van der Waals surface area contributed by atoms with E-state index in [0.717, 1.165) is 34.3 Å². The van der Waals surface area contributed by atoms with Crippen LogP contribution in [0.5, 0.6) is 5.75 Å². The van der Waals surface area contributed by atoms with E-state index in [1.54, 1.807) is 18.2 Å². The van der Waals surface area contributed by atoms with Gasteiger partial charge in [0, 0.05) is 15.4 Å². The molecule has 0 unspecified atom stereocenters. The van der Waals surface area contributed by atoms with Crippen LogP contribution >= 0.6 is 27.3 Å². The minimum atomic E-state index is -0.776. The summed E-state index contributed by atoms with van der Waals surface area (Å²) in [5.41, 5.74) is 0. The number of halogens is 3. The van der Waals surface area contributed by atoms with E-state index >= 15 is 0 Å². The molecule has 0 aliphatic rings. The summed E-state index contributed by atoms with van der Waals surface area (Å²) < 4.78 is 38.3. The topological polar surface area (TPSA) is 39.4 Å². The summed E-state index contributed by atoms with van der Waals surface area (Å²) in [6, 6.07) is 8.30. The number of furan rings is 1. The summed E-state index contributed by atoms with van der Waals surface area (Å²) in [6.07, 6.45) is 4.98. The van der Waals surface area contributed by atoms with Gasteiger partial charge in [-0.2, -0.15) is 0 Å². The molecule has 3 rings (SSSR count). The first-order valence-electron chi connectivity index (χ1n) is 8.63. The Morgan fingerprint density at radius 3 is 2.82 bits per heavy atom. The zero-order chi connectivity index (χ0) is 20.1. The van der Waals surface area contributed by atoms with Crippen LogP contribution in [-0.2, 0) is 13.0 Å². The molecular formula is C21H17BrF2O3S. The monoisotopic (exact) mass is 466 g/mol. The predicted octanol–water partition coefficient (Wildman–Crippen LogP) is 6.81. The number of thiophene rings is 1. The van der Waals surface area contributed by atoms with E-state index in [0.29, 0.717) is 16.4 Å². The fourth-order valence-corrected chi connectivity index (χ4v) is 4.36. The number of benzene rings is 1. The second-order valence-electron chi connectivity index (χ2n) is 6.00. The molecule has 0 aliphatic carbocycles. The van der Waals surface area contributed by atoms with E-state index in [9.17, 15) is 13.6 Å². The Labute approximate surface area is 173 Å². The number of carbonyl (C=O) groups is 1. The van der Waals surface area contributed by atoms with Gasteiger partial charge in [0.25, 0.3) is 0 Å². The van der Waals surface area contributed by atoms with Crippen molar-refractivity contribution in [1.29, 1.82) is 0 Å². The Kier molecular flexibility index (Phi) is 6.80. The van der Waals surface area contributed by atoms with Crippen molar-refractivity contribution in [3.05, 3.63) is 79.9 Å². The Hall–Kier alpha value is -2.25. The second kappa shape index (κ2) is 9.30. The first kappa shape index (κ1) is 20.5. The van der Waals surface area contributed by atoms with Crippen LogP contribution in [0, 0.1) is 11.6 Å². The van der Waals surface area contributed by atoms with Gasteiger partial charge in [0.1, 0.15) is 23.9 Å². The summed E-state index contributed by atoms with van der Waals surface area (Å²) in [5.74, 6) is -0.663. The second-order valence-corrected chi connectivity index (χ2v) is 7.99. The molecule has 0 amide bonds. The smallest absolute Gasteiger partial charge is 0.195 e. The van der Waals surface area contributed by atoms with Gasteiger partial charge < -0.3 is 9.15 Å². The zero-order valence-electron chi connectivity index (χ0n) is 15.0. The number of rotatable bonds is 8. The van der Waals surface area contributed by atoms with Crippen LogP contribution in [0.4, 0.5) is 8.78 Å². The van der Waals surface area contributed by atoms with E-state index < -0.39 is 11.6 Å². The van der Waals surface area contributed by atoms with Crippen molar-refractivity contribution >= 4 is 39.1 Å². The Bertz CT molecular complexity index is 1010. The molecular weight excluding hydrogens is 450 g/mol. The maximum absolute atomic E-state index is 13.6. The lowest BCUT2D eigenvalue weighted by molar-refractivity contribution is 0.105. The van der Waals surface area contributed by atoms with Gasteiger partial charge in [0.05, 0.1) is 4.88 Å². The minimum absolute atomic E-state index is 0.0113. The summed E-state index contributed by atoms with van der Waals surface area (Å²) in [6.45, 7) is 2.08. The van der Waals surface area contributed by atoms with Gasteiger partial charge in [-0.25, -0.2) is 8.78 Å². The molecule has 0 N–H and O–H groups in total. The maximum Gasteiger partial charge on any atom is 0.195 e. The third-order valence-electron chi connectivity index (χ3n) is 3.82. The highest BCUT2D eigenvalue weighted by atomic mass is 79.9. The highest BCUT2D eigenvalue weighted by Gasteiger charge is 2.11. The Morgan fingerprint density at radius 2 is 2.07 bits per heavy atom. The number of hydrogen-bond acceptors (Lipinski definition) is 4. The van der Waals surface area contributed by atoms with Crippen molar-refractivity contribution in [3.8, 4) is 5.75 Å². The molecule has 2 aromatic heterocycles. The minimum Gasteiger partial charge on any atom is -0.483 e. The SMILES string of the molecule is CCCc1sc(C(=O)/C=C/c2ccc(COc3ccc(F)cc3F)o2)cc1Br. The van der Waals surface area contributed by atoms with Gasteiger partial charge in [0.2, 0.25) is 0 Å². The van der Waals surface area contributed by atoms with Gasteiger partial charge in [-0.05, 0) is 64.8 Å². The van der Waals surface area contributed by atoms with Gasteiger partial charge in [-0.3, -0.25) is 4.79 Å². The largest absolute Gasteiger partial charge is 0.483 e. The van der Waals surface area contributed by atoms with Gasteiger partial charge >= 0.3 is 0 Å². The highest BCUT2D eigenvalue weighted by molar-refractivity contribution is 9.10. The lowest BCUT2D eigenvalue weighted by atomic mass is 10.2. The summed E-state index contributed by atoms with van der Waals surface area (Å²) >= 11 is 4.97. The molecule has 7 heteroatoms. The average molecular weight is 467 g/mol. The van der Waals surface area contributed by atoms with Crippen molar-refractivity contribution in [2.75, 3.05) is 0 Å². The van der Waals surface area contributed by atoms with E-state index in [1.807, 2.05) is 6.07 Å². The van der Waals surface area contributed by atoms with Crippen molar-refractivity contribution < 1.29 is 22.7 Å². The molecule has 0 bridgehead atoms. The molecule has 2 heterocycles. The quantitative estimate of drug-likeness (QED) is 0.270. The first-order chi connectivity index (χ1) is 13.5. The number of hydrogen-bond donors (Lipinski definition) is 0. The Morgan fingerprint density at radius 1 is 1.25 bits per heavy atom. The van der Waals surface area contributed by atoms with E-state index in [4.69, 9.17) is 9.15 Å². The van der Waals surface area contributed by atoms with Crippen molar-refractivity contribution in [3.63, 3.8) is 0 Å². The Balaban J connectivity index is 1.60. The first-order valence-corrected chi connectivity index (χ1v) is 10.2. The standard InChI is InChI=1S/C21H17BrF2O3S/c1-2-3-20-16(22)11-21(28-20)18(25)8-7-14-5-6-15(27-14)12-26-19-9-4-13(23)10-17(19)24/h4-11H,2-3,12H2,1H3/b8-7+. The van der Waals surface area contributed by atoms with Crippen molar-refractivity contribution in [1.82, 2.24) is 0 Å². The lowest BCUT2D eigenvalue weighted by Crippen LogP contribution is -1.96. The van der Waals surface area contributed by atoms with E-state index in [2.05, 4.69) is 22.9 Å². The summed E-state index contributed by atoms with van der Waals surface area (Å²) in [4.78, 5) is 14.2. The summed E-state index contributed by atoms with van der Waals surface area (Å²) in [5, 5.41) is 0. The molecule has 0 atom stereocenters. The fraction of sp³-hybridized carbons (Fsp3) is 0.190. The van der Waals surface area contributed by atoms with Crippen LogP contribution in [0.1, 0.15) is 39.4 Å². The van der Waals surface area contributed by atoms with Gasteiger partial charge in [0.15, 0.2) is 17.3 Å². The number of ether oxygens (including phenoxy) is 1. The molecule has 0 saturated carbocycles. The zero-order valence-corrected chi connectivity index (χ0v) is 17.4. The van der Waals surface area contributed by atoms with Crippen LogP contribution in [0.3, 0.4) is 0 Å². The van der Waals surface area contributed by atoms with E-state index in [1.165, 1.54) is 23.5 Å². The van der Waals surface area contributed by atoms with Crippen LogP contribution in [-0.4, -0.2) is 5.78 Å². The van der Waals surface area contributed by atoms with Gasteiger partial charge in [-0.15, -0.1) is 11.3 Å². The molecule has 0 radical (unpaired) electrons. The average Bonchev–Trinajstić information content (AvgIpc) is 3.26. The molecule has 0 aliphatic heterocycles. The third-order valence-corrected chi connectivity index (χ3v) is 6.00. The predicted molar refractivity (Wildman–Crippen MR) is 109 cm³/mol. The van der Waals surface area contributed by atoms with Crippen LogP contribution in [0.25, 0.3) is 6.08 Å². The number of ketones is 1. The molecule has 1 aromatic carbocycles. The number of allylic oxidation sites excluding steroid dienone is 1. The van der Waals surface area contributed by atoms with Crippen molar-refractivity contribution in [2.24, 2.45) is 0 Å². The molecule has 0 spiro atoms. The van der Waals surface area contributed by atoms with Gasteiger partial charge in [-0.1, -0.05) is 13.3 Å². The fourth-order valence-electron chi connectivity index (χ4n) is 2.47. The lowest BCUT2D eigenvalue weighted by Gasteiger charge is -2.05. The number of carbonyl (C=O) groups excluding carboxylic acids is 1. The molecule has 3 nitrogen and oxygen atoms in total. The summed E-state index contributed by atoms with van der Waals surface area (Å²) in [7, 11) is 0. The third kappa shape index (κ3) is 5.17.